The number of benzene rings is 3. The average Bonchev–Trinajstić information content (AvgIpc) is 3.39. The number of nitrogens with one attached hydrogen (secondary N) is 1. The Hall–Kier alpha value is -4.33. The van der Waals surface area contributed by atoms with Crippen molar-refractivity contribution in [3.05, 3.63) is 129 Å². The average molecular weight is 675 g/mol. The number of carbonyl (C=O) groups is 1. The van der Waals surface area contributed by atoms with Crippen LogP contribution in [0.5, 0.6) is 11.5 Å². The normalized spacial score (nSPS) is 18.2. The zero-order chi connectivity index (χ0) is 34.3. The minimum Gasteiger partial charge on any atom is -0.497 e. The molecule has 0 saturated carbocycles. The molecule has 1 saturated heterocycles. The summed E-state index contributed by atoms with van der Waals surface area (Å²) in [6, 6.07) is 27.0. The van der Waals surface area contributed by atoms with Gasteiger partial charge in [-0.3, -0.25) is 19.1 Å². The number of ketones is 1. The smallest absolute Gasteiger partial charge is 0.330 e. The lowest BCUT2D eigenvalue weighted by Crippen LogP contribution is -2.40. The quantitative estimate of drug-likeness (QED) is 0.0825. The van der Waals surface area contributed by atoms with E-state index in [1.807, 2.05) is 78.9 Å². The predicted molar refractivity (Wildman–Crippen MR) is 182 cm³/mol. The SMILES string of the molecule is COc1ccc(C(OC[C@H]2O[C@@H](n3ccc(=O)[nH]c3=O)C(=O)[C@@H]2OCOCC[Si](C)(C)C)(c2ccccc2)c2ccc(OC)cc2)cc1. The van der Waals surface area contributed by atoms with Crippen molar-refractivity contribution in [1.82, 2.24) is 9.55 Å². The van der Waals surface area contributed by atoms with Crippen molar-refractivity contribution in [1.29, 1.82) is 0 Å². The van der Waals surface area contributed by atoms with Gasteiger partial charge in [0.1, 0.15) is 30.0 Å². The van der Waals surface area contributed by atoms with Crippen molar-refractivity contribution >= 4 is 13.9 Å². The second-order valence-electron chi connectivity index (χ2n) is 12.7. The molecule has 1 N–H and O–H groups in total. The van der Waals surface area contributed by atoms with Crippen LogP contribution in [-0.2, 0) is 29.3 Å². The van der Waals surface area contributed by atoms with Gasteiger partial charge in [-0.05, 0) is 47.0 Å². The molecule has 48 heavy (non-hydrogen) atoms. The van der Waals surface area contributed by atoms with Gasteiger partial charge in [0.2, 0.25) is 12.0 Å². The number of nitrogens with zero attached hydrogens (tertiary/aromatic N) is 1. The van der Waals surface area contributed by atoms with E-state index in [1.165, 1.54) is 6.20 Å². The third-order valence-corrected chi connectivity index (χ3v) is 9.94. The van der Waals surface area contributed by atoms with Gasteiger partial charge in [-0.2, -0.15) is 0 Å². The monoisotopic (exact) mass is 674 g/mol. The van der Waals surface area contributed by atoms with Gasteiger partial charge in [0.05, 0.1) is 20.8 Å². The van der Waals surface area contributed by atoms with Crippen LogP contribution in [-0.4, -0.2) is 69.8 Å². The molecule has 254 valence electrons. The molecule has 1 aromatic heterocycles. The molecule has 0 aliphatic carbocycles. The molecule has 1 aliphatic heterocycles. The topological polar surface area (TPSA) is 127 Å². The van der Waals surface area contributed by atoms with Gasteiger partial charge in [-0.25, -0.2) is 4.79 Å². The summed E-state index contributed by atoms with van der Waals surface area (Å²) in [7, 11) is 1.86. The van der Waals surface area contributed by atoms with E-state index in [2.05, 4.69) is 24.6 Å². The van der Waals surface area contributed by atoms with Crippen LogP contribution in [0.4, 0.5) is 0 Å². The van der Waals surface area contributed by atoms with E-state index in [1.54, 1.807) is 14.2 Å². The van der Waals surface area contributed by atoms with Gasteiger partial charge in [0.15, 0.2) is 6.10 Å². The maximum atomic E-state index is 13.8. The maximum absolute atomic E-state index is 13.8. The highest BCUT2D eigenvalue weighted by atomic mass is 28.3. The van der Waals surface area contributed by atoms with Gasteiger partial charge >= 0.3 is 5.69 Å². The summed E-state index contributed by atoms with van der Waals surface area (Å²) >= 11 is 0. The Kier molecular flexibility index (Phi) is 11.1. The summed E-state index contributed by atoms with van der Waals surface area (Å²) in [4.78, 5) is 40.5. The molecule has 1 aliphatic rings. The number of methoxy groups -OCH3 is 2. The Labute approximate surface area is 280 Å². The largest absolute Gasteiger partial charge is 0.497 e. The number of Topliss-reactive ketones (excluding diaryl/α,β-unsaturated/α-hetero) is 1. The minimum absolute atomic E-state index is 0.118. The first-order valence-electron chi connectivity index (χ1n) is 15.7. The Morgan fingerprint density at radius 3 is 1.94 bits per heavy atom. The van der Waals surface area contributed by atoms with E-state index in [-0.39, 0.29) is 13.4 Å². The van der Waals surface area contributed by atoms with Crippen molar-refractivity contribution in [2.45, 2.75) is 49.7 Å². The molecule has 11 nitrogen and oxygen atoms in total. The number of H-pyrrole nitrogens is 1. The summed E-state index contributed by atoms with van der Waals surface area (Å²) in [6.45, 7) is 6.97. The Morgan fingerprint density at radius 2 is 1.40 bits per heavy atom. The molecular formula is C36H42N2O9Si. The summed E-state index contributed by atoms with van der Waals surface area (Å²) in [5, 5.41) is 0. The van der Waals surface area contributed by atoms with Gasteiger partial charge in [0.25, 0.3) is 5.56 Å². The Balaban J connectivity index is 1.53. The van der Waals surface area contributed by atoms with E-state index in [9.17, 15) is 14.4 Å². The van der Waals surface area contributed by atoms with Crippen molar-refractivity contribution in [2.75, 3.05) is 34.2 Å². The van der Waals surface area contributed by atoms with Crippen molar-refractivity contribution < 1.29 is 33.2 Å². The fourth-order valence-electron chi connectivity index (χ4n) is 5.60. The summed E-state index contributed by atoms with van der Waals surface area (Å²) in [5.74, 6) is 0.861. The van der Waals surface area contributed by atoms with Gasteiger partial charge in [-0.15, -0.1) is 0 Å². The number of carbonyl (C=O) groups excluding carboxylic acids is 1. The molecule has 3 aromatic carbocycles. The van der Waals surface area contributed by atoms with Crippen LogP contribution in [0.25, 0.3) is 0 Å². The van der Waals surface area contributed by atoms with E-state index in [4.69, 9.17) is 28.4 Å². The van der Waals surface area contributed by atoms with Crippen LogP contribution >= 0.6 is 0 Å². The second kappa shape index (κ2) is 15.3. The van der Waals surface area contributed by atoms with Gasteiger partial charge < -0.3 is 28.4 Å². The van der Waals surface area contributed by atoms with E-state index >= 15 is 0 Å². The van der Waals surface area contributed by atoms with Gasteiger partial charge in [-0.1, -0.05) is 74.2 Å². The molecule has 2 heterocycles. The van der Waals surface area contributed by atoms with Crippen LogP contribution in [0.2, 0.25) is 25.7 Å². The molecular weight excluding hydrogens is 632 g/mol. The first kappa shape index (κ1) is 35.0. The molecule has 0 amide bonds. The van der Waals surface area contributed by atoms with Crippen LogP contribution in [0, 0.1) is 0 Å². The van der Waals surface area contributed by atoms with Gasteiger partial charge in [0, 0.05) is 26.9 Å². The van der Waals surface area contributed by atoms with Crippen molar-refractivity contribution in [3.63, 3.8) is 0 Å². The summed E-state index contributed by atoms with van der Waals surface area (Å²) in [6.07, 6.45) is -2.18. The Morgan fingerprint density at radius 1 is 0.812 bits per heavy atom. The third-order valence-electron chi connectivity index (χ3n) is 8.23. The molecule has 0 radical (unpaired) electrons. The Bertz CT molecular complexity index is 1720. The molecule has 0 spiro atoms. The fraction of sp³-hybridized carbons (Fsp3) is 0.361. The molecule has 5 rings (SSSR count). The lowest BCUT2D eigenvalue weighted by molar-refractivity contribution is -0.145. The van der Waals surface area contributed by atoms with Crippen molar-refractivity contribution in [2.24, 2.45) is 0 Å². The summed E-state index contributed by atoms with van der Waals surface area (Å²) in [5.41, 5.74) is -0.129. The number of aromatic nitrogens is 2. The molecule has 0 bridgehead atoms. The van der Waals surface area contributed by atoms with Crippen molar-refractivity contribution in [3.8, 4) is 11.5 Å². The summed E-state index contributed by atoms with van der Waals surface area (Å²) < 4.78 is 36.9. The van der Waals surface area contributed by atoms with E-state index < -0.39 is 49.1 Å². The lowest BCUT2D eigenvalue weighted by atomic mass is 9.80. The second-order valence-corrected chi connectivity index (χ2v) is 18.3. The zero-order valence-corrected chi connectivity index (χ0v) is 28.8. The number of rotatable bonds is 15. The minimum atomic E-state index is -1.35. The van der Waals surface area contributed by atoms with Crippen LogP contribution in [0.15, 0.2) is 101 Å². The number of ether oxygens (including phenoxy) is 6. The molecule has 0 unspecified atom stereocenters. The first-order valence-corrected chi connectivity index (χ1v) is 19.4. The number of hydrogen-bond acceptors (Lipinski definition) is 9. The molecule has 12 heteroatoms. The molecule has 4 aromatic rings. The lowest BCUT2D eigenvalue weighted by Gasteiger charge is -2.37. The van der Waals surface area contributed by atoms with E-state index in [0.29, 0.717) is 18.1 Å². The van der Waals surface area contributed by atoms with E-state index in [0.717, 1.165) is 33.4 Å². The molecule has 3 atom stereocenters. The highest BCUT2D eigenvalue weighted by Crippen LogP contribution is 2.42. The fourth-order valence-corrected chi connectivity index (χ4v) is 6.36. The highest BCUT2D eigenvalue weighted by Gasteiger charge is 2.48. The molecule has 1 fully saturated rings. The van der Waals surface area contributed by atoms with Crippen LogP contribution in [0.3, 0.4) is 0 Å². The maximum Gasteiger partial charge on any atom is 0.330 e. The number of aromatic amines is 1. The predicted octanol–water partition coefficient (Wildman–Crippen LogP) is 4.73. The first-order chi connectivity index (χ1) is 23.1. The van der Waals surface area contributed by atoms with Crippen LogP contribution in [0.1, 0.15) is 22.9 Å². The number of hydrogen-bond donors (Lipinski definition) is 1. The third kappa shape index (κ3) is 7.85. The zero-order valence-electron chi connectivity index (χ0n) is 27.8. The van der Waals surface area contributed by atoms with Crippen LogP contribution < -0.4 is 20.7 Å². The highest BCUT2D eigenvalue weighted by molar-refractivity contribution is 6.76. The standard InChI is InChI=1S/C36H42N2O9Si/c1-42-28-15-11-26(12-16-28)36(25-9-7-6-8-10-25,27-13-17-29(43-2)18-14-27)46-23-30-33(45-24-44-21-22-48(3,4)5)32(40)34(47-30)38-20-19-31(39)37-35(38)41/h6-20,30,33-34H,21-24H2,1-5H3,(H,37,39,41)/t30-,33-,34-/m1/s1.